The Kier molecular flexibility index (Phi) is 5.59. The van der Waals surface area contributed by atoms with Crippen molar-refractivity contribution < 1.29 is 19.4 Å². The van der Waals surface area contributed by atoms with Crippen LogP contribution in [0.4, 0.5) is 0 Å². The Labute approximate surface area is 128 Å². The summed E-state index contributed by atoms with van der Waals surface area (Å²) < 4.78 is 5.24. The van der Waals surface area contributed by atoms with Crippen molar-refractivity contribution in [2.75, 3.05) is 19.8 Å². The number of aliphatic carboxylic acids is 1. The first kappa shape index (κ1) is 15.8. The topological polar surface area (TPSA) is 75.6 Å². The molecular weight excluding hydrogens is 294 g/mol. The number of carbonyl (C=O) groups excluding carboxylic acids is 1. The van der Waals surface area contributed by atoms with Gasteiger partial charge in [0.25, 0.3) is 5.91 Å². The highest BCUT2D eigenvalue weighted by atomic mass is 35.5. The number of carboxylic acids is 1. The second-order valence-electron chi connectivity index (χ2n) is 5.11. The average molecular weight is 312 g/mol. The van der Waals surface area contributed by atoms with E-state index in [4.69, 9.17) is 16.3 Å². The average Bonchev–Trinajstić information content (AvgIpc) is 2.48. The van der Waals surface area contributed by atoms with Crippen molar-refractivity contribution in [2.24, 2.45) is 11.8 Å². The van der Waals surface area contributed by atoms with E-state index >= 15 is 0 Å². The van der Waals surface area contributed by atoms with Crippen LogP contribution >= 0.6 is 11.6 Å². The van der Waals surface area contributed by atoms with E-state index in [2.05, 4.69) is 5.32 Å². The molecule has 1 aliphatic heterocycles. The fraction of sp³-hybridized carbons (Fsp3) is 0.467. The van der Waals surface area contributed by atoms with E-state index in [9.17, 15) is 14.7 Å². The van der Waals surface area contributed by atoms with Crippen LogP contribution in [0.15, 0.2) is 24.3 Å². The minimum atomic E-state index is -0.881. The third-order valence-electron chi connectivity index (χ3n) is 3.72. The van der Waals surface area contributed by atoms with Crippen LogP contribution in [-0.2, 0) is 9.53 Å². The van der Waals surface area contributed by atoms with Crippen LogP contribution in [0.2, 0.25) is 5.02 Å². The molecule has 1 heterocycles. The van der Waals surface area contributed by atoms with E-state index in [0.717, 1.165) is 0 Å². The van der Waals surface area contributed by atoms with Crippen LogP contribution < -0.4 is 5.32 Å². The molecule has 1 unspecified atom stereocenters. The van der Waals surface area contributed by atoms with Crippen molar-refractivity contribution in [3.63, 3.8) is 0 Å². The molecule has 6 heteroatoms. The molecule has 1 fully saturated rings. The maximum absolute atomic E-state index is 12.0. The first-order chi connectivity index (χ1) is 10.1. The molecule has 5 nitrogen and oxygen atoms in total. The fourth-order valence-corrected chi connectivity index (χ4v) is 2.70. The molecule has 1 aliphatic rings. The Hall–Kier alpha value is -1.59. The molecule has 0 saturated carbocycles. The normalized spacial score (nSPS) is 17.2. The van der Waals surface area contributed by atoms with E-state index in [1.807, 2.05) is 0 Å². The first-order valence-electron chi connectivity index (χ1n) is 6.92. The van der Waals surface area contributed by atoms with Crippen LogP contribution in [0.25, 0.3) is 0 Å². The second-order valence-corrected chi connectivity index (χ2v) is 5.55. The van der Waals surface area contributed by atoms with E-state index in [1.165, 1.54) is 0 Å². The van der Waals surface area contributed by atoms with Gasteiger partial charge in [-0.3, -0.25) is 9.59 Å². The lowest BCUT2D eigenvalue weighted by Gasteiger charge is -2.27. The smallest absolute Gasteiger partial charge is 0.308 e. The van der Waals surface area contributed by atoms with E-state index in [0.29, 0.717) is 36.6 Å². The van der Waals surface area contributed by atoms with Gasteiger partial charge in [-0.1, -0.05) is 17.7 Å². The van der Waals surface area contributed by atoms with Crippen molar-refractivity contribution in [3.8, 4) is 0 Å². The number of carbonyl (C=O) groups is 2. The summed E-state index contributed by atoms with van der Waals surface area (Å²) in [7, 11) is 0. The minimum absolute atomic E-state index is 0.0379. The zero-order valence-electron chi connectivity index (χ0n) is 11.5. The van der Waals surface area contributed by atoms with Crippen molar-refractivity contribution >= 4 is 23.5 Å². The minimum Gasteiger partial charge on any atom is -0.481 e. The van der Waals surface area contributed by atoms with Gasteiger partial charge in [0.05, 0.1) is 5.92 Å². The van der Waals surface area contributed by atoms with Crippen molar-refractivity contribution in [2.45, 2.75) is 12.8 Å². The maximum Gasteiger partial charge on any atom is 0.308 e. The number of benzene rings is 1. The fourth-order valence-electron chi connectivity index (χ4n) is 2.51. The Morgan fingerprint density at radius 1 is 1.38 bits per heavy atom. The second kappa shape index (κ2) is 7.43. The number of rotatable bonds is 5. The summed E-state index contributed by atoms with van der Waals surface area (Å²) in [6, 6.07) is 6.57. The van der Waals surface area contributed by atoms with Crippen LogP contribution in [-0.4, -0.2) is 36.7 Å². The van der Waals surface area contributed by atoms with Crippen LogP contribution in [0.3, 0.4) is 0 Å². The quantitative estimate of drug-likeness (QED) is 0.874. The van der Waals surface area contributed by atoms with Gasteiger partial charge in [0.1, 0.15) is 0 Å². The molecule has 1 aromatic rings. The highest BCUT2D eigenvalue weighted by Gasteiger charge is 2.30. The number of hydrogen-bond acceptors (Lipinski definition) is 3. The molecule has 0 aromatic heterocycles. The van der Waals surface area contributed by atoms with Crippen LogP contribution in [0.5, 0.6) is 0 Å². The summed E-state index contributed by atoms with van der Waals surface area (Å²) in [4.78, 5) is 23.4. The Balaban J connectivity index is 1.95. The standard InChI is InChI=1S/C15H18ClNO4/c16-12-3-1-2-11(8-12)14(18)17-9-13(15(19)20)10-4-6-21-7-5-10/h1-3,8,10,13H,4-7,9H2,(H,17,18)(H,19,20). The number of carboxylic acid groups (broad SMARTS) is 1. The predicted octanol–water partition coefficient (Wildman–Crippen LogP) is 2.20. The molecular formula is C15H18ClNO4. The molecule has 21 heavy (non-hydrogen) atoms. The molecule has 2 N–H and O–H groups in total. The van der Waals surface area contributed by atoms with Crippen molar-refractivity contribution in [1.82, 2.24) is 5.32 Å². The number of amides is 1. The Morgan fingerprint density at radius 2 is 2.10 bits per heavy atom. The molecule has 2 rings (SSSR count). The van der Waals surface area contributed by atoms with Gasteiger partial charge in [0.2, 0.25) is 0 Å². The maximum atomic E-state index is 12.0. The first-order valence-corrected chi connectivity index (χ1v) is 7.30. The van der Waals surface area contributed by atoms with Gasteiger partial charge in [-0.05, 0) is 37.0 Å². The molecule has 1 amide bonds. The monoisotopic (exact) mass is 311 g/mol. The SMILES string of the molecule is O=C(NCC(C(=O)O)C1CCOCC1)c1cccc(Cl)c1. The highest BCUT2D eigenvalue weighted by Crippen LogP contribution is 2.24. The summed E-state index contributed by atoms with van der Waals surface area (Å²) >= 11 is 5.84. The van der Waals surface area contributed by atoms with Gasteiger partial charge in [-0.25, -0.2) is 0 Å². The molecule has 1 atom stereocenters. The summed E-state index contributed by atoms with van der Waals surface area (Å²) in [5.41, 5.74) is 0.429. The predicted molar refractivity (Wildman–Crippen MR) is 78.5 cm³/mol. The Bertz CT molecular complexity index is 514. The van der Waals surface area contributed by atoms with E-state index < -0.39 is 11.9 Å². The number of hydrogen-bond donors (Lipinski definition) is 2. The molecule has 1 saturated heterocycles. The summed E-state index contributed by atoms with van der Waals surface area (Å²) in [5.74, 6) is -1.74. The van der Waals surface area contributed by atoms with Crippen molar-refractivity contribution in [3.05, 3.63) is 34.9 Å². The summed E-state index contributed by atoms with van der Waals surface area (Å²) in [6.07, 6.45) is 1.42. The van der Waals surface area contributed by atoms with E-state index in [1.54, 1.807) is 24.3 Å². The van der Waals surface area contributed by atoms with Crippen LogP contribution in [0, 0.1) is 11.8 Å². The van der Waals surface area contributed by atoms with Gasteiger partial charge in [-0.2, -0.15) is 0 Å². The van der Waals surface area contributed by atoms with Crippen LogP contribution in [0.1, 0.15) is 23.2 Å². The van der Waals surface area contributed by atoms with E-state index in [-0.39, 0.29) is 18.4 Å². The number of halogens is 1. The highest BCUT2D eigenvalue weighted by molar-refractivity contribution is 6.30. The molecule has 0 bridgehead atoms. The van der Waals surface area contributed by atoms with Gasteiger partial charge in [0.15, 0.2) is 0 Å². The Morgan fingerprint density at radius 3 is 2.71 bits per heavy atom. The zero-order chi connectivity index (χ0) is 15.2. The largest absolute Gasteiger partial charge is 0.481 e. The number of nitrogens with one attached hydrogen (secondary N) is 1. The van der Waals surface area contributed by atoms with Gasteiger partial charge >= 0.3 is 5.97 Å². The zero-order valence-corrected chi connectivity index (χ0v) is 12.3. The summed E-state index contributed by atoms with van der Waals surface area (Å²) in [6.45, 7) is 1.28. The third-order valence-corrected chi connectivity index (χ3v) is 3.96. The lowest BCUT2D eigenvalue weighted by molar-refractivity contribution is -0.144. The molecule has 114 valence electrons. The van der Waals surface area contributed by atoms with Gasteiger partial charge in [0, 0.05) is 30.3 Å². The molecule has 1 aromatic carbocycles. The summed E-state index contributed by atoms with van der Waals surface area (Å²) in [5, 5.41) is 12.5. The molecule has 0 radical (unpaired) electrons. The van der Waals surface area contributed by atoms with Gasteiger partial charge in [-0.15, -0.1) is 0 Å². The lowest BCUT2D eigenvalue weighted by atomic mass is 9.86. The third kappa shape index (κ3) is 4.44. The molecule has 0 aliphatic carbocycles. The number of ether oxygens (including phenoxy) is 1. The van der Waals surface area contributed by atoms with Crippen molar-refractivity contribution in [1.29, 1.82) is 0 Å². The molecule has 0 spiro atoms. The van der Waals surface area contributed by atoms with Gasteiger partial charge < -0.3 is 15.2 Å². The lowest BCUT2D eigenvalue weighted by Crippen LogP contribution is -2.38.